The van der Waals surface area contributed by atoms with Gasteiger partial charge in [-0.05, 0) is 32.0 Å². The third kappa shape index (κ3) is 2.85. The minimum atomic E-state index is -0.386. The molecule has 0 saturated carbocycles. The zero-order valence-electron chi connectivity index (χ0n) is 11.7. The molecule has 0 saturated heterocycles. The van der Waals surface area contributed by atoms with E-state index >= 15 is 0 Å². The van der Waals surface area contributed by atoms with Crippen molar-refractivity contribution in [3.63, 3.8) is 0 Å². The number of hydrogen-bond donors (Lipinski definition) is 1. The van der Waals surface area contributed by atoms with Gasteiger partial charge in [0.05, 0.1) is 10.4 Å². The molecule has 1 heterocycles. The lowest BCUT2D eigenvalue weighted by atomic mass is 10.1. The van der Waals surface area contributed by atoms with Gasteiger partial charge in [-0.3, -0.25) is 15.1 Å². The minimum absolute atomic E-state index is 0.0802. The molecule has 0 unspecified atom stereocenters. The molecule has 0 aliphatic heterocycles. The van der Waals surface area contributed by atoms with E-state index in [1.54, 1.807) is 12.1 Å². The first-order chi connectivity index (χ1) is 9.52. The lowest BCUT2D eigenvalue weighted by Gasteiger charge is -2.21. The number of fused-ring (bicyclic) bond motifs is 1. The Kier molecular flexibility index (Phi) is 4.14. The maximum Gasteiger partial charge on any atom is 0.270 e. The van der Waals surface area contributed by atoms with Crippen molar-refractivity contribution < 1.29 is 4.92 Å². The largest absolute Gasteiger partial charge is 0.374 e. The Bertz CT molecular complexity index is 642. The Hall–Kier alpha value is -2.21. The van der Waals surface area contributed by atoms with E-state index in [1.807, 2.05) is 20.0 Å². The van der Waals surface area contributed by atoms with E-state index in [1.165, 1.54) is 6.07 Å². The molecule has 0 atom stereocenters. The Labute approximate surface area is 117 Å². The summed E-state index contributed by atoms with van der Waals surface area (Å²) >= 11 is 0. The monoisotopic (exact) mass is 274 g/mol. The van der Waals surface area contributed by atoms with Gasteiger partial charge in [0, 0.05) is 42.5 Å². The number of anilines is 1. The number of rotatable bonds is 5. The van der Waals surface area contributed by atoms with Crippen LogP contribution in [0.15, 0.2) is 24.3 Å². The molecule has 1 aromatic carbocycles. The number of nitro benzene ring substituents is 1. The summed E-state index contributed by atoms with van der Waals surface area (Å²) in [4.78, 5) is 17.0. The molecule has 0 aliphatic carbocycles. The highest BCUT2D eigenvalue weighted by molar-refractivity contribution is 5.93. The first-order valence-corrected chi connectivity index (χ1v) is 6.50. The summed E-state index contributed by atoms with van der Waals surface area (Å²) in [7, 11) is 1.96. The maximum atomic E-state index is 10.9. The number of aryl methyl sites for hydroxylation is 1. The quantitative estimate of drug-likeness (QED) is 0.667. The smallest absolute Gasteiger partial charge is 0.270 e. The van der Waals surface area contributed by atoms with Crippen LogP contribution in [0.5, 0.6) is 0 Å². The molecule has 2 rings (SSSR count). The highest BCUT2D eigenvalue weighted by Crippen LogP contribution is 2.29. The van der Waals surface area contributed by atoms with Gasteiger partial charge in [-0.25, -0.2) is 0 Å². The molecule has 20 heavy (non-hydrogen) atoms. The zero-order chi connectivity index (χ0) is 14.7. The van der Waals surface area contributed by atoms with Crippen molar-refractivity contribution in [3.8, 4) is 0 Å². The van der Waals surface area contributed by atoms with Gasteiger partial charge < -0.3 is 10.6 Å². The van der Waals surface area contributed by atoms with Gasteiger partial charge in [-0.2, -0.15) is 0 Å². The van der Waals surface area contributed by atoms with Crippen LogP contribution in [0.2, 0.25) is 0 Å². The second-order valence-electron chi connectivity index (χ2n) is 4.81. The van der Waals surface area contributed by atoms with Crippen LogP contribution in [0.1, 0.15) is 12.1 Å². The summed E-state index contributed by atoms with van der Waals surface area (Å²) in [6, 6.07) is 6.71. The zero-order valence-corrected chi connectivity index (χ0v) is 11.7. The van der Waals surface area contributed by atoms with Crippen LogP contribution in [0, 0.1) is 17.0 Å². The minimum Gasteiger partial charge on any atom is -0.374 e. The topological polar surface area (TPSA) is 85.3 Å². The van der Waals surface area contributed by atoms with Gasteiger partial charge in [0.1, 0.15) is 0 Å². The number of nitrogens with zero attached hydrogens (tertiary/aromatic N) is 3. The van der Waals surface area contributed by atoms with E-state index in [9.17, 15) is 10.1 Å². The Morgan fingerprint density at radius 2 is 2.15 bits per heavy atom. The van der Waals surface area contributed by atoms with E-state index in [0.717, 1.165) is 35.2 Å². The SMILES string of the molecule is Cc1cc(N(C)CCCN)c2cc([N+](=O)[O-])ccc2n1. The summed E-state index contributed by atoms with van der Waals surface area (Å²) < 4.78 is 0. The Balaban J connectivity index is 2.55. The van der Waals surface area contributed by atoms with Gasteiger partial charge in [0.25, 0.3) is 5.69 Å². The Morgan fingerprint density at radius 3 is 2.80 bits per heavy atom. The van der Waals surface area contributed by atoms with E-state index in [4.69, 9.17) is 5.73 Å². The summed E-state index contributed by atoms with van der Waals surface area (Å²) in [5.74, 6) is 0. The van der Waals surface area contributed by atoms with Crippen LogP contribution in [-0.4, -0.2) is 30.0 Å². The molecule has 2 N–H and O–H groups in total. The van der Waals surface area contributed by atoms with E-state index < -0.39 is 0 Å². The second-order valence-corrected chi connectivity index (χ2v) is 4.81. The van der Waals surface area contributed by atoms with Gasteiger partial charge in [-0.15, -0.1) is 0 Å². The van der Waals surface area contributed by atoms with Crippen molar-refractivity contribution in [1.29, 1.82) is 0 Å². The average molecular weight is 274 g/mol. The molecular formula is C14H18N4O2. The summed E-state index contributed by atoms with van der Waals surface area (Å²) in [5, 5.41) is 11.7. The number of nitro groups is 1. The molecule has 6 nitrogen and oxygen atoms in total. The van der Waals surface area contributed by atoms with Crippen LogP contribution in [0.4, 0.5) is 11.4 Å². The number of benzene rings is 1. The third-order valence-corrected chi connectivity index (χ3v) is 3.22. The molecule has 2 aromatic rings. The van der Waals surface area contributed by atoms with Crippen molar-refractivity contribution >= 4 is 22.3 Å². The molecule has 0 radical (unpaired) electrons. The van der Waals surface area contributed by atoms with Crippen LogP contribution in [0.25, 0.3) is 10.9 Å². The molecule has 0 aliphatic rings. The van der Waals surface area contributed by atoms with Crippen LogP contribution >= 0.6 is 0 Å². The molecule has 0 fully saturated rings. The maximum absolute atomic E-state index is 10.9. The molecule has 1 aromatic heterocycles. The number of hydrogen-bond acceptors (Lipinski definition) is 5. The fourth-order valence-corrected chi connectivity index (χ4v) is 2.20. The average Bonchev–Trinajstić information content (AvgIpc) is 2.43. The first kappa shape index (κ1) is 14.2. The second kappa shape index (κ2) is 5.83. The number of nitrogens with two attached hydrogens (primary N) is 1. The Morgan fingerprint density at radius 1 is 1.40 bits per heavy atom. The van der Waals surface area contributed by atoms with E-state index in [-0.39, 0.29) is 10.6 Å². The lowest BCUT2D eigenvalue weighted by Crippen LogP contribution is -2.21. The third-order valence-electron chi connectivity index (χ3n) is 3.22. The van der Waals surface area contributed by atoms with Gasteiger partial charge in [-0.1, -0.05) is 0 Å². The van der Waals surface area contributed by atoms with Crippen molar-refractivity contribution in [1.82, 2.24) is 4.98 Å². The van der Waals surface area contributed by atoms with E-state index in [0.29, 0.717) is 6.54 Å². The fourth-order valence-electron chi connectivity index (χ4n) is 2.20. The van der Waals surface area contributed by atoms with E-state index in [2.05, 4.69) is 9.88 Å². The van der Waals surface area contributed by atoms with Crippen LogP contribution in [0.3, 0.4) is 0 Å². The van der Waals surface area contributed by atoms with Crippen LogP contribution in [-0.2, 0) is 0 Å². The first-order valence-electron chi connectivity index (χ1n) is 6.50. The molecule has 106 valence electrons. The summed E-state index contributed by atoms with van der Waals surface area (Å²) in [6.07, 6.45) is 0.869. The van der Waals surface area contributed by atoms with Crippen molar-refractivity contribution in [2.75, 3.05) is 25.0 Å². The number of aromatic nitrogens is 1. The van der Waals surface area contributed by atoms with Gasteiger partial charge in [0.2, 0.25) is 0 Å². The molecular weight excluding hydrogens is 256 g/mol. The molecule has 0 amide bonds. The van der Waals surface area contributed by atoms with Crippen molar-refractivity contribution in [3.05, 3.63) is 40.1 Å². The van der Waals surface area contributed by atoms with Gasteiger partial charge >= 0.3 is 0 Å². The van der Waals surface area contributed by atoms with Crippen LogP contribution < -0.4 is 10.6 Å². The highest BCUT2D eigenvalue weighted by atomic mass is 16.6. The molecule has 0 spiro atoms. The summed E-state index contributed by atoms with van der Waals surface area (Å²) in [6.45, 7) is 3.34. The molecule has 6 heteroatoms. The standard InChI is InChI=1S/C14H18N4O2/c1-10-8-14(17(2)7-3-6-15)12-9-11(18(19)20)4-5-13(12)16-10/h4-5,8-9H,3,6-7,15H2,1-2H3. The number of non-ortho nitro benzene ring substituents is 1. The fraction of sp³-hybridized carbons (Fsp3) is 0.357. The molecule has 0 bridgehead atoms. The normalized spacial score (nSPS) is 10.8. The van der Waals surface area contributed by atoms with Gasteiger partial charge in [0.15, 0.2) is 0 Å². The lowest BCUT2D eigenvalue weighted by molar-refractivity contribution is -0.384. The predicted octanol–water partition coefficient (Wildman–Crippen LogP) is 2.24. The summed E-state index contributed by atoms with van der Waals surface area (Å²) in [5.41, 5.74) is 8.22. The number of pyridine rings is 1. The van der Waals surface area contributed by atoms with Crippen molar-refractivity contribution in [2.45, 2.75) is 13.3 Å². The predicted molar refractivity (Wildman–Crippen MR) is 80.1 cm³/mol. The highest BCUT2D eigenvalue weighted by Gasteiger charge is 2.13. The van der Waals surface area contributed by atoms with Crippen molar-refractivity contribution in [2.24, 2.45) is 5.73 Å².